The highest BCUT2D eigenvalue weighted by molar-refractivity contribution is 7.81. The number of hydrogen-bond acceptors (Lipinski definition) is 10. The standard InChI is InChI=1S/C36H36F4N5O9PS/c1-19(2)35(5,31(48)49)43-55(51,18-52-6)54-24-12-8-20(9-13-24)29(53-32(42)50)28(46)25-14-11-23(16-27(25)37)45-33(56)44(30(47)34(45,3)4)22-10-7-21(17-41)26(15-22)36(38,39)40/h7-16,19,29H,18H2,1-6H3,(H2,42,50)(H,43,51)(H,48,49). The number of rotatable bonds is 14. The lowest BCUT2D eigenvalue weighted by atomic mass is 9.90. The first-order valence-electron chi connectivity index (χ1n) is 16.4. The fraction of sp³-hybridized carbons (Fsp3) is 0.333. The van der Waals surface area contributed by atoms with E-state index in [1.54, 1.807) is 13.8 Å². The van der Waals surface area contributed by atoms with Crippen molar-refractivity contribution in [1.82, 2.24) is 5.09 Å². The van der Waals surface area contributed by atoms with Gasteiger partial charge in [0.25, 0.3) is 5.91 Å². The van der Waals surface area contributed by atoms with Gasteiger partial charge in [0.05, 0.1) is 28.4 Å². The molecule has 1 aliphatic heterocycles. The zero-order chi connectivity index (χ0) is 42.1. The minimum Gasteiger partial charge on any atom is -0.480 e. The number of hydrogen-bond donors (Lipinski definition) is 3. The molecule has 56 heavy (non-hydrogen) atoms. The van der Waals surface area contributed by atoms with Gasteiger partial charge >= 0.3 is 25.8 Å². The molecule has 20 heteroatoms. The SMILES string of the molecule is COCP(=O)(NC(C)(C(=O)O)C(C)C)Oc1ccc(C(OC(N)=O)C(=O)c2ccc(N3C(=S)N(c4ccc(C#N)c(C(F)(F)F)c4)C(=O)C3(C)C)cc2F)cc1. The van der Waals surface area contributed by atoms with Crippen molar-refractivity contribution >= 4 is 60.0 Å². The predicted octanol–water partition coefficient (Wildman–Crippen LogP) is 6.92. The third-order valence-electron chi connectivity index (χ3n) is 9.04. The topological polar surface area (TPSA) is 202 Å². The Labute approximate surface area is 323 Å². The number of alkyl halides is 3. The van der Waals surface area contributed by atoms with Crippen LogP contribution in [-0.4, -0.2) is 58.5 Å². The van der Waals surface area contributed by atoms with Gasteiger partial charge < -0.3 is 29.7 Å². The zero-order valence-electron chi connectivity index (χ0n) is 30.6. The van der Waals surface area contributed by atoms with E-state index < -0.39 is 89.4 Å². The molecule has 1 aliphatic rings. The first-order chi connectivity index (χ1) is 25.9. The largest absolute Gasteiger partial charge is 0.480 e. The number of nitriles is 1. The summed E-state index contributed by atoms with van der Waals surface area (Å²) in [5, 5.41) is 21.2. The molecule has 298 valence electrons. The number of halogens is 4. The second-order valence-corrected chi connectivity index (χ2v) is 15.9. The molecule has 4 rings (SSSR count). The molecule has 3 atom stereocenters. The Morgan fingerprint density at radius 2 is 1.68 bits per heavy atom. The molecule has 3 unspecified atom stereocenters. The summed E-state index contributed by atoms with van der Waals surface area (Å²) in [6, 6.07) is 12.2. The van der Waals surface area contributed by atoms with Gasteiger partial charge in [-0.1, -0.05) is 26.0 Å². The molecule has 0 saturated carbocycles. The summed E-state index contributed by atoms with van der Waals surface area (Å²) in [6.07, 6.45) is -8.66. The summed E-state index contributed by atoms with van der Waals surface area (Å²) in [5.74, 6) is -4.91. The van der Waals surface area contributed by atoms with Gasteiger partial charge in [-0.2, -0.15) is 18.4 Å². The number of Topliss-reactive ketones (excluding diaryl/α,β-unsaturated/α-hetero) is 1. The van der Waals surface area contributed by atoms with Crippen molar-refractivity contribution in [3.63, 3.8) is 0 Å². The van der Waals surface area contributed by atoms with Gasteiger partial charge in [0.2, 0.25) is 5.78 Å². The van der Waals surface area contributed by atoms with E-state index in [4.69, 9.17) is 31.9 Å². The Morgan fingerprint density at radius 3 is 2.18 bits per heavy atom. The number of nitrogens with two attached hydrogens (primary N) is 1. The molecule has 2 amide bonds. The number of nitrogens with zero attached hydrogens (tertiary/aromatic N) is 3. The van der Waals surface area contributed by atoms with E-state index in [1.807, 2.05) is 0 Å². The molecule has 0 aliphatic carbocycles. The number of ketones is 1. The van der Waals surface area contributed by atoms with Crippen molar-refractivity contribution in [2.24, 2.45) is 11.7 Å². The van der Waals surface area contributed by atoms with E-state index in [0.29, 0.717) is 6.07 Å². The molecule has 0 spiro atoms. The molecule has 1 fully saturated rings. The number of carboxylic acids is 1. The maximum absolute atomic E-state index is 15.9. The van der Waals surface area contributed by atoms with Crippen molar-refractivity contribution in [1.29, 1.82) is 5.26 Å². The van der Waals surface area contributed by atoms with Crippen LogP contribution in [0.4, 0.5) is 33.7 Å². The first-order valence-corrected chi connectivity index (χ1v) is 18.6. The number of ether oxygens (including phenoxy) is 2. The Hall–Kier alpha value is -5.41. The molecule has 3 aromatic carbocycles. The molecule has 0 bridgehead atoms. The molecule has 14 nitrogen and oxygen atoms in total. The third-order valence-corrected chi connectivity index (χ3v) is 11.3. The number of aliphatic carboxylic acids is 1. The fourth-order valence-corrected chi connectivity index (χ4v) is 8.28. The quantitative estimate of drug-likeness (QED) is 0.0656. The lowest BCUT2D eigenvalue weighted by Crippen LogP contribution is -2.52. The molecule has 0 aromatic heterocycles. The molecule has 3 aromatic rings. The molecule has 0 radical (unpaired) electrons. The van der Waals surface area contributed by atoms with Crippen LogP contribution in [0.1, 0.15) is 67.8 Å². The number of benzene rings is 3. The van der Waals surface area contributed by atoms with Crippen LogP contribution in [0.3, 0.4) is 0 Å². The highest BCUT2D eigenvalue weighted by atomic mass is 32.1. The number of primary amides is 1. The van der Waals surface area contributed by atoms with Gasteiger partial charge in [0.1, 0.15) is 29.0 Å². The van der Waals surface area contributed by atoms with Crippen LogP contribution in [0.25, 0.3) is 0 Å². The highest BCUT2D eigenvalue weighted by Gasteiger charge is 2.51. The van der Waals surface area contributed by atoms with Crippen LogP contribution >= 0.6 is 19.7 Å². The Kier molecular flexibility index (Phi) is 12.4. The molecular weight excluding hydrogens is 785 g/mol. The number of amides is 2. The monoisotopic (exact) mass is 821 g/mol. The maximum Gasteiger partial charge on any atom is 0.417 e. The fourth-order valence-electron chi connectivity index (χ4n) is 5.74. The lowest BCUT2D eigenvalue weighted by molar-refractivity contribution is -0.145. The highest BCUT2D eigenvalue weighted by Crippen LogP contribution is 2.47. The lowest BCUT2D eigenvalue weighted by Gasteiger charge is -2.34. The van der Waals surface area contributed by atoms with E-state index in [2.05, 4.69) is 5.09 Å². The van der Waals surface area contributed by atoms with Gasteiger partial charge in [-0.15, -0.1) is 0 Å². The number of methoxy groups -OCH3 is 1. The van der Waals surface area contributed by atoms with Crippen LogP contribution in [0.15, 0.2) is 60.7 Å². The Balaban J connectivity index is 1.65. The van der Waals surface area contributed by atoms with Crippen molar-refractivity contribution in [2.75, 3.05) is 23.3 Å². The Bertz CT molecular complexity index is 2180. The number of nitrogens with one attached hydrogen (secondary N) is 1. The normalized spacial score (nSPS) is 16.8. The average molecular weight is 822 g/mol. The van der Waals surface area contributed by atoms with Crippen LogP contribution in [-0.2, 0) is 29.8 Å². The minimum atomic E-state index is -4.93. The van der Waals surface area contributed by atoms with E-state index in [9.17, 15) is 47.3 Å². The van der Waals surface area contributed by atoms with Gasteiger partial charge in [-0.3, -0.25) is 23.8 Å². The van der Waals surface area contributed by atoms with E-state index >= 15 is 4.39 Å². The zero-order valence-corrected chi connectivity index (χ0v) is 32.3. The number of thiocarbonyl (C=S) groups is 1. The van der Waals surface area contributed by atoms with Crippen molar-refractivity contribution in [3.8, 4) is 11.8 Å². The van der Waals surface area contributed by atoms with Crippen LogP contribution in [0.2, 0.25) is 0 Å². The summed E-state index contributed by atoms with van der Waals surface area (Å²) in [6.45, 7) is 7.34. The van der Waals surface area contributed by atoms with Crippen LogP contribution in [0.5, 0.6) is 5.75 Å². The number of carbonyl (C=O) groups is 4. The molecule has 1 heterocycles. The first kappa shape index (κ1) is 43.3. The second-order valence-electron chi connectivity index (χ2n) is 13.5. The van der Waals surface area contributed by atoms with Crippen molar-refractivity contribution in [2.45, 2.75) is 58.0 Å². The Morgan fingerprint density at radius 1 is 1.07 bits per heavy atom. The molecule has 1 saturated heterocycles. The summed E-state index contributed by atoms with van der Waals surface area (Å²) in [4.78, 5) is 53.2. The van der Waals surface area contributed by atoms with Gasteiger partial charge in [0.15, 0.2) is 11.2 Å². The van der Waals surface area contributed by atoms with Crippen molar-refractivity contribution < 1.29 is 60.4 Å². The van der Waals surface area contributed by atoms with E-state index in [-0.39, 0.29) is 27.8 Å². The van der Waals surface area contributed by atoms with Gasteiger partial charge in [-0.25, -0.2) is 14.3 Å². The third kappa shape index (κ3) is 8.53. The molecule has 4 N–H and O–H groups in total. The average Bonchev–Trinajstić information content (AvgIpc) is 3.28. The smallest absolute Gasteiger partial charge is 0.417 e. The summed E-state index contributed by atoms with van der Waals surface area (Å²) in [5.41, 5.74) is -0.956. The summed E-state index contributed by atoms with van der Waals surface area (Å²) in [7, 11) is -2.80. The maximum atomic E-state index is 15.9. The van der Waals surface area contributed by atoms with Crippen LogP contribution < -0.4 is 25.1 Å². The van der Waals surface area contributed by atoms with Gasteiger partial charge in [0, 0.05) is 18.4 Å². The van der Waals surface area contributed by atoms with Crippen molar-refractivity contribution in [3.05, 3.63) is 88.7 Å². The van der Waals surface area contributed by atoms with E-state index in [0.717, 1.165) is 29.2 Å². The van der Waals surface area contributed by atoms with Gasteiger partial charge in [-0.05, 0) is 87.4 Å². The predicted molar refractivity (Wildman–Crippen MR) is 198 cm³/mol. The number of carbonyl (C=O) groups excluding carboxylic acids is 3. The summed E-state index contributed by atoms with van der Waals surface area (Å²) >= 11 is 5.50. The minimum absolute atomic E-state index is 0.0274. The van der Waals surface area contributed by atoms with Crippen LogP contribution in [0, 0.1) is 23.1 Å². The second kappa shape index (κ2) is 16.0. The molecular formula is C36H36F4N5O9PS. The number of carboxylic acid groups (broad SMARTS) is 1. The summed E-state index contributed by atoms with van der Waals surface area (Å²) < 4.78 is 86.5. The number of anilines is 2. The van der Waals surface area contributed by atoms with E-state index in [1.165, 1.54) is 69.2 Å².